The number of methoxy groups -OCH3 is 1. The third-order valence-electron chi connectivity index (χ3n) is 4.26. The van der Waals surface area contributed by atoms with Gasteiger partial charge in [-0.25, -0.2) is 4.99 Å². The van der Waals surface area contributed by atoms with Gasteiger partial charge in [0.25, 0.3) is 5.69 Å². The van der Waals surface area contributed by atoms with E-state index in [2.05, 4.69) is 15.2 Å². The zero-order valence-corrected chi connectivity index (χ0v) is 15.5. The molecule has 26 heavy (non-hydrogen) atoms. The van der Waals surface area contributed by atoms with E-state index in [4.69, 9.17) is 9.47 Å². The molecule has 8 nitrogen and oxygen atoms in total. The van der Waals surface area contributed by atoms with Crippen molar-refractivity contribution in [1.82, 2.24) is 10.2 Å². The van der Waals surface area contributed by atoms with Crippen LogP contribution in [0.3, 0.4) is 0 Å². The van der Waals surface area contributed by atoms with E-state index in [1.54, 1.807) is 19.2 Å². The van der Waals surface area contributed by atoms with Crippen LogP contribution in [-0.2, 0) is 16.0 Å². The standard InChI is InChI=1S/C18H28N4O4/c1-3-19-18(20-12-15-4-6-17(7-5-15)22(23)24)21-9-8-16(13-21)14-26-11-10-25-2/h4-7,16H,3,8-14H2,1-2H3,(H,19,20). The highest BCUT2D eigenvalue weighted by Gasteiger charge is 2.24. The monoisotopic (exact) mass is 364 g/mol. The quantitative estimate of drug-likeness (QED) is 0.237. The predicted octanol–water partition coefficient (Wildman–Crippen LogP) is 2.05. The molecule has 1 fully saturated rings. The second kappa shape index (κ2) is 10.7. The SMILES string of the molecule is CCNC(=NCc1ccc([N+](=O)[O-])cc1)N1CCC(COCCOC)C1. The maximum atomic E-state index is 10.7. The molecule has 0 aliphatic carbocycles. The Balaban J connectivity index is 1.89. The third kappa shape index (κ3) is 6.27. The summed E-state index contributed by atoms with van der Waals surface area (Å²) in [7, 11) is 1.67. The molecule has 1 aliphatic heterocycles. The van der Waals surface area contributed by atoms with Crippen molar-refractivity contribution in [2.24, 2.45) is 10.9 Å². The summed E-state index contributed by atoms with van der Waals surface area (Å²) in [6, 6.07) is 6.53. The van der Waals surface area contributed by atoms with E-state index in [0.717, 1.165) is 44.2 Å². The van der Waals surface area contributed by atoms with Gasteiger partial charge in [0, 0.05) is 44.8 Å². The number of hydrogen-bond acceptors (Lipinski definition) is 5. The molecule has 0 amide bonds. The molecule has 0 radical (unpaired) electrons. The molecule has 0 aromatic heterocycles. The summed E-state index contributed by atoms with van der Waals surface area (Å²) in [5.74, 6) is 1.38. The number of likely N-dealkylation sites (tertiary alicyclic amines) is 1. The van der Waals surface area contributed by atoms with Gasteiger partial charge in [0.05, 0.1) is 31.3 Å². The molecule has 1 aromatic rings. The molecule has 144 valence electrons. The molecule has 1 aliphatic rings. The fraction of sp³-hybridized carbons (Fsp3) is 0.611. The van der Waals surface area contributed by atoms with E-state index in [9.17, 15) is 10.1 Å². The van der Waals surface area contributed by atoms with E-state index in [1.165, 1.54) is 12.1 Å². The number of rotatable bonds is 9. The van der Waals surface area contributed by atoms with Gasteiger partial charge in [-0.05, 0) is 18.9 Å². The molecule has 1 unspecified atom stereocenters. The highest BCUT2D eigenvalue weighted by Crippen LogP contribution is 2.17. The molecule has 1 aromatic carbocycles. The van der Waals surface area contributed by atoms with Gasteiger partial charge in [-0.15, -0.1) is 0 Å². The van der Waals surface area contributed by atoms with Gasteiger partial charge in [0.2, 0.25) is 0 Å². The Morgan fingerprint density at radius 1 is 1.38 bits per heavy atom. The number of nitro groups is 1. The summed E-state index contributed by atoms with van der Waals surface area (Å²) < 4.78 is 10.6. The second-order valence-electron chi connectivity index (χ2n) is 6.26. The van der Waals surface area contributed by atoms with Crippen LogP contribution in [0.2, 0.25) is 0 Å². The number of nitrogens with zero attached hydrogens (tertiary/aromatic N) is 3. The Hall–Kier alpha value is -2.19. The highest BCUT2D eigenvalue weighted by atomic mass is 16.6. The molecular formula is C18H28N4O4. The van der Waals surface area contributed by atoms with Crippen LogP contribution in [0.15, 0.2) is 29.3 Å². The summed E-state index contributed by atoms with van der Waals surface area (Å²) in [6.45, 7) is 7.18. The number of guanidine groups is 1. The smallest absolute Gasteiger partial charge is 0.269 e. The lowest BCUT2D eigenvalue weighted by Crippen LogP contribution is -2.40. The minimum Gasteiger partial charge on any atom is -0.382 e. The second-order valence-corrected chi connectivity index (χ2v) is 6.26. The molecule has 1 heterocycles. The summed E-state index contributed by atoms with van der Waals surface area (Å²) in [5.41, 5.74) is 1.05. The van der Waals surface area contributed by atoms with Crippen molar-refractivity contribution in [3.05, 3.63) is 39.9 Å². The van der Waals surface area contributed by atoms with E-state index in [1.807, 2.05) is 6.92 Å². The highest BCUT2D eigenvalue weighted by molar-refractivity contribution is 5.80. The Morgan fingerprint density at radius 3 is 2.81 bits per heavy atom. The molecule has 1 N–H and O–H groups in total. The molecule has 1 saturated heterocycles. The number of benzene rings is 1. The van der Waals surface area contributed by atoms with Gasteiger partial charge in [-0.2, -0.15) is 0 Å². The van der Waals surface area contributed by atoms with E-state index >= 15 is 0 Å². The zero-order valence-electron chi connectivity index (χ0n) is 15.5. The summed E-state index contributed by atoms with van der Waals surface area (Å²) in [4.78, 5) is 17.3. The van der Waals surface area contributed by atoms with Crippen molar-refractivity contribution in [3.63, 3.8) is 0 Å². The Bertz CT molecular complexity index is 591. The number of ether oxygens (including phenoxy) is 2. The largest absolute Gasteiger partial charge is 0.382 e. The molecule has 0 spiro atoms. The Labute approximate surface area is 154 Å². The third-order valence-corrected chi connectivity index (χ3v) is 4.26. The van der Waals surface area contributed by atoms with Crippen molar-refractivity contribution in [2.75, 3.05) is 46.6 Å². The van der Waals surface area contributed by atoms with Gasteiger partial charge in [-0.1, -0.05) is 12.1 Å². The number of hydrogen-bond donors (Lipinski definition) is 1. The van der Waals surface area contributed by atoms with Crippen LogP contribution in [-0.4, -0.2) is 62.3 Å². The Morgan fingerprint density at radius 2 is 2.15 bits per heavy atom. The number of non-ortho nitro benzene ring substituents is 1. The van der Waals surface area contributed by atoms with E-state index in [0.29, 0.717) is 25.7 Å². The first-order valence-corrected chi connectivity index (χ1v) is 8.97. The van der Waals surface area contributed by atoms with Gasteiger partial charge < -0.3 is 19.7 Å². The summed E-state index contributed by atoms with van der Waals surface area (Å²) >= 11 is 0. The van der Waals surface area contributed by atoms with Crippen LogP contribution in [0, 0.1) is 16.0 Å². The van der Waals surface area contributed by atoms with Gasteiger partial charge in [0.1, 0.15) is 0 Å². The van der Waals surface area contributed by atoms with Gasteiger partial charge >= 0.3 is 0 Å². The van der Waals surface area contributed by atoms with Crippen LogP contribution >= 0.6 is 0 Å². The van der Waals surface area contributed by atoms with Crippen molar-refractivity contribution in [1.29, 1.82) is 0 Å². The number of nitrogens with one attached hydrogen (secondary N) is 1. The normalized spacial score (nSPS) is 17.5. The average molecular weight is 364 g/mol. The van der Waals surface area contributed by atoms with Crippen LogP contribution in [0.4, 0.5) is 5.69 Å². The molecule has 8 heteroatoms. The minimum atomic E-state index is -0.393. The van der Waals surface area contributed by atoms with Crippen molar-refractivity contribution in [2.45, 2.75) is 19.9 Å². The maximum absolute atomic E-state index is 10.7. The first kappa shape index (κ1) is 20.1. The molecule has 0 saturated carbocycles. The molecule has 2 rings (SSSR count). The summed E-state index contributed by atoms with van der Waals surface area (Å²) in [6.07, 6.45) is 1.08. The first-order valence-electron chi connectivity index (χ1n) is 8.97. The molecule has 1 atom stereocenters. The van der Waals surface area contributed by atoms with Gasteiger partial charge in [-0.3, -0.25) is 10.1 Å². The fourth-order valence-electron chi connectivity index (χ4n) is 2.87. The first-order chi connectivity index (χ1) is 12.6. The topological polar surface area (TPSA) is 89.2 Å². The lowest BCUT2D eigenvalue weighted by molar-refractivity contribution is -0.384. The number of nitro benzene ring substituents is 1. The van der Waals surface area contributed by atoms with Crippen LogP contribution in [0.25, 0.3) is 0 Å². The van der Waals surface area contributed by atoms with E-state index < -0.39 is 4.92 Å². The Kier molecular flexibility index (Phi) is 8.30. The lowest BCUT2D eigenvalue weighted by Gasteiger charge is -2.21. The van der Waals surface area contributed by atoms with Crippen molar-refractivity contribution < 1.29 is 14.4 Å². The maximum Gasteiger partial charge on any atom is 0.269 e. The van der Waals surface area contributed by atoms with E-state index in [-0.39, 0.29) is 5.69 Å². The minimum absolute atomic E-state index is 0.0977. The fourth-order valence-corrected chi connectivity index (χ4v) is 2.87. The predicted molar refractivity (Wildman–Crippen MR) is 100 cm³/mol. The van der Waals surface area contributed by atoms with Gasteiger partial charge in [0.15, 0.2) is 5.96 Å². The van der Waals surface area contributed by atoms with Crippen molar-refractivity contribution >= 4 is 11.6 Å². The molecular weight excluding hydrogens is 336 g/mol. The van der Waals surface area contributed by atoms with Crippen molar-refractivity contribution in [3.8, 4) is 0 Å². The van der Waals surface area contributed by atoms with Crippen LogP contribution in [0.1, 0.15) is 18.9 Å². The van der Waals surface area contributed by atoms with Crippen LogP contribution < -0.4 is 5.32 Å². The lowest BCUT2D eigenvalue weighted by atomic mass is 10.1. The summed E-state index contributed by atoms with van der Waals surface area (Å²) in [5, 5.41) is 14.1. The van der Waals surface area contributed by atoms with Crippen LogP contribution in [0.5, 0.6) is 0 Å². The average Bonchev–Trinajstić information content (AvgIpc) is 3.11. The number of aliphatic imine (C=N–C) groups is 1. The zero-order chi connectivity index (χ0) is 18.8. The molecule has 0 bridgehead atoms.